The topological polar surface area (TPSA) is 100 Å². The predicted octanol–water partition coefficient (Wildman–Crippen LogP) is 3.06. The van der Waals surface area contributed by atoms with Gasteiger partial charge in [0.2, 0.25) is 17.1 Å². The summed E-state index contributed by atoms with van der Waals surface area (Å²) in [5.74, 6) is 0.705. The van der Waals surface area contributed by atoms with E-state index < -0.39 is 17.6 Å². The number of amides is 1. The molecule has 4 atom stereocenters. The van der Waals surface area contributed by atoms with Crippen molar-refractivity contribution in [3.8, 4) is 22.8 Å². The minimum absolute atomic E-state index is 0.121. The van der Waals surface area contributed by atoms with Crippen molar-refractivity contribution in [2.75, 3.05) is 20.3 Å². The molecule has 1 aliphatic heterocycles. The molecular weight excluding hydrogens is 470 g/mol. The largest absolute Gasteiger partial charge is 0.497 e. The van der Waals surface area contributed by atoms with E-state index in [-0.39, 0.29) is 24.5 Å². The van der Waals surface area contributed by atoms with Crippen LogP contribution in [0.4, 0.5) is 0 Å². The summed E-state index contributed by atoms with van der Waals surface area (Å²) in [7, 11) is 1.64. The minimum Gasteiger partial charge on any atom is -0.497 e. The molecule has 192 valence electrons. The van der Waals surface area contributed by atoms with Crippen molar-refractivity contribution in [1.82, 2.24) is 10.6 Å². The van der Waals surface area contributed by atoms with Gasteiger partial charge < -0.3 is 24.8 Å². The first-order chi connectivity index (χ1) is 18.0. The molecule has 1 aromatic heterocycles. The second kappa shape index (κ2) is 10.2. The Labute approximate surface area is 216 Å². The number of fused-ring (bicyclic) bond motifs is 1. The van der Waals surface area contributed by atoms with E-state index in [0.717, 1.165) is 33.7 Å². The third-order valence-electron chi connectivity index (χ3n) is 7.11. The van der Waals surface area contributed by atoms with Crippen LogP contribution in [0.25, 0.3) is 22.2 Å². The summed E-state index contributed by atoms with van der Waals surface area (Å²) in [6, 6.07) is 17.3. The van der Waals surface area contributed by atoms with E-state index in [1.54, 1.807) is 20.1 Å². The predicted molar refractivity (Wildman–Crippen MR) is 139 cm³/mol. The number of carbonyl (C=O) groups is 2. The summed E-state index contributed by atoms with van der Waals surface area (Å²) in [5, 5.41) is 7.10. The van der Waals surface area contributed by atoms with E-state index >= 15 is 0 Å². The summed E-state index contributed by atoms with van der Waals surface area (Å²) in [5.41, 5.74) is 1.82. The van der Waals surface area contributed by atoms with E-state index in [2.05, 4.69) is 22.2 Å². The molecule has 1 saturated carbocycles. The number of pyridine rings is 1. The number of methoxy groups -OCH3 is 1. The fourth-order valence-corrected chi connectivity index (χ4v) is 4.97. The highest BCUT2D eigenvalue weighted by Crippen LogP contribution is 2.45. The van der Waals surface area contributed by atoms with Crippen molar-refractivity contribution in [2.24, 2.45) is 5.92 Å². The molecule has 8 heteroatoms. The second-order valence-electron chi connectivity index (χ2n) is 9.49. The summed E-state index contributed by atoms with van der Waals surface area (Å²) in [6.07, 6.45) is 2.45. The standard InChI is InChI=1S/C29H31N3O5/c1-4-19-16-29(19,28(34)36-5-2)32-27(33)25-14-21(17-30-25)37-26-15-23(18-9-7-6-8-10-18)31-24-13-20(35-3)11-12-22(24)26/h4,6-13,15,19,21,25,30H,1,5,14,16-17H2,2-3H3,(H,32,33)/p+1/t19-,21-,25+,29-/m1/s1. The molecule has 3 aromatic rings. The van der Waals surface area contributed by atoms with Gasteiger partial charge in [0.25, 0.3) is 0 Å². The molecule has 1 saturated heterocycles. The molecule has 2 aliphatic rings. The average molecular weight is 503 g/mol. The Hall–Kier alpha value is -3.91. The van der Waals surface area contributed by atoms with Crippen LogP contribution < -0.4 is 25.1 Å². The number of hydrogen-bond acceptors (Lipinski definition) is 6. The number of nitrogens with one attached hydrogen (secondary N) is 3. The van der Waals surface area contributed by atoms with Gasteiger partial charge in [-0.2, -0.15) is 0 Å². The fourth-order valence-electron chi connectivity index (χ4n) is 4.97. The number of benzene rings is 2. The number of hydrogen-bond donors (Lipinski definition) is 2. The molecular formula is C29H32N3O5+. The Bertz CT molecular complexity index is 1330. The molecule has 8 nitrogen and oxygen atoms in total. The van der Waals surface area contributed by atoms with Crippen LogP contribution in [0.1, 0.15) is 19.8 Å². The summed E-state index contributed by atoms with van der Waals surface area (Å²) in [6.45, 7) is 6.30. The molecule has 37 heavy (non-hydrogen) atoms. The lowest BCUT2D eigenvalue weighted by atomic mass is 10.1. The molecule has 0 bridgehead atoms. The Morgan fingerprint density at radius 1 is 1.22 bits per heavy atom. The lowest BCUT2D eigenvalue weighted by molar-refractivity contribution is -0.331. The van der Waals surface area contributed by atoms with Crippen molar-refractivity contribution < 1.29 is 28.8 Å². The van der Waals surface area contributed by atoms with E-state index in [0.29, 0.717) is 19.4 Å². The van der Waals surface area contributed by atoms with Gasteiger partial charge in [0.1, 0.15) is 23.1 Å². The van der Waals surface area contributed by atoms with Crippen LogP contribution in [0.15, 0.2) is 67.3 Å². The quantitative estimate of drug-likeness (QED) is 0.345. The van der Waals surface area contributed by atoms with Crippen LogP contribution in [-0.4, -0.2) is 49.8 Å². The molecule has 5 rings (SSSR count). The van der Waals surface area contributed by atoms with Gasteiger partial charge in [-0.1, -0.05) is 24.3 Å². The monoisotopic (exact) mass is 502 g/mol. The van der Waals surface area contributed by atoms with Crippen LogP contribution in [0.5, 0.6) is 11.5 Å². The first-order valence-corrected chi connectivity index (χ1v) is 12.6. The smallest absolute Gasteiger partial charge is 0.332 e. The lowest BCUT2D eigenvalue weighted by Gasteiger charge is -2.20. The van der Waals surface area contributed by atoms with Gasteiger partial charge in [0.05, 0.1) is 37.3 Å². The molecule has 1 amide bonds. The van der Waals surface area contributed by atoms with Crippen molar-refractivity contribution in [1.29, 1.82) is 0 Å². The SMILES string of the molecule is C=C[C@@H]1C[C@]1(NC(=O)[C@@H]1C[C@@H](Oc2cc(-c3ccccc3)[nH+]c3cc(OC)ccc23)CN1)C(=O)OCC. The number of esters is 1. The molecule has 1 aliphatic carbocycles. The average Bonchev–Trinajstić information content (AvgIpc) is 3.44. The second-order valence-corrected chi connectivity index (χ2v) is 9.49. The highest BCUT2D eigenvalue weighted by Gasteiger charge is 2.61. The Balaban J connectivity index is 1.34. The highest BCUT2D eigenvalue weighted by atomic mass is 16.5. The number of rotatable bonds is 9. The van der Waals surface area contributed by atoms with E-state index in [9.17, 15) is 9.59 Å². The van der Waals surface area contributed by atoms with Crippen molar-refractivity contribution in [3.63, 3.8) is 0 Å². The van der Waals surface area contributed by atoms with E-state index in [1.165, 1.54) is 0 Å². The van der Waals surface area contributed by atoms with Gasteiger partial charge >= 0.3 is 5.97 Å². The van der Waals surface area contributed by atoms with Crippen LogP contribution in [0.3, 0.4) is 0 Å². The Kier molecular flexibility index (Phi) is 6.84. The maximum absolute atomic E-state index is 13.1. The van der Waals surface area contributed by atoms with Gasteiger partial charge in [-0.3, -0.25) is 4.79 Å². The van der Waals surface area contributed by atoms with Crippen LogP contribution in [0.2, 0.25) is 0 Å². The van der Waals surface area contributed by atoms with Gasteiger partial charge in [-0.05, 0) is 37.6 Å². The van der Waals surface area contributed by atoms with Gasteiger partial charge in [-0.15, -0.1) is 6.58 Å². The Morgan fingerprint density at radius 2 is 2.03 bits per heavy atom. The van der Waals surface area contributed by atoms with Crippen LogP contribution in [0, 0.1) is 5.92 Å². The molecule has 2 aromatic carbocycles. The van der Waals surface area contributed by atoms with Gasteiger partial charge in [0.15, 0.2) is 0 Å². The fraction of sp³-hybridized carbons (Fsp3) is 0.345. The number of ether oxygens (including phenoxy) is 3. The third kappa shape index (κ3) is 4.89. The zero-order valence-electron chi connectivity index (χ0n) is 21.1. The normalized spacial score (nSPS) is 24.3. The zero-order valence-corrected chi connectivity index (χ0v) is 21.1. The first kappa shape index (κ1) is 24.8. The zero-order chi connectivity index (χ0) is 26.0. The van der Waals surface area contributed by atoms with Crippen LogP contribution >= 0.6 is 0 Å². The minimum atomic E-state index is -1.01. The molecule has 2 fully saturated rings. The van der Waals surface area contributed by atoms with Crippen molar-refractivity contribution >= 4 is 22.8 Å². The van der Waals surface area contributed by atoms with Gasteiger partial charge in [-0.25, -0.2) is 9.78 Å². The maximum Gasteiger partial charge on any atom is 0.332 e. The molecule has 3 N–H and O–H groups in total. The van der Waals surface area contributed by atoms with Crippen LogP contribution in [-0.2, 0) is 14.3 Å². The Morgan fingerprint density at radius 3 is 2.73 bits per heavy atom. The summed E-state index contributed by atoms with van der Waals surface area (Å²) in [4.78, 5) is 29.1. The lowest BCUT2D eigenvalue weighted by Crippen LogP contribution is -2.51. The van der Waals surface area contributed by atoms with E-state index in [4.69, 9.17) is 14.2 Å². The van der Waals surface area contributed by atoms with Crippen molar-refractivity contribution in [2.45, 2.75) is 37.5 Å². The number of aromatic amines is 1. The molecule has 2 heterocycles. The van der Waals surface area contributed by atoms with E-state index in [1.807, 2.05) is 54.6 Å². The molecule has 0 unspecified atom stereocenters. The first-order valence-electron chi connectivity index (χ1n) is 12.6. The number of H-pyrrole nitrogens is 1. The highest BCUT2D eigenvalue weighted by molar-refractivity contribution is 5.93. The van der Waals surface area contributed by atoms with Crippen molar-refractivity contribution in [3.05, 3.63) is 67.3 Å². The number of aromatic nitrogens is 1. The summed E-state index contributed by atoms with van der Waals surface area (Å²) < 4.78 is 17.1. The molecule has 0 radical (unpaired) electrons. The third-order valence-corrected chi connectivity index (χ3v) is 7.11. The number of carbonyl (C=O) groups excluding carboxylic acids is 2. The van der Waals surface area contributed by atoms with Gasteiger partial charge in [0, 0.05) is 24.4 Å². The summed E-state index contributed by atoms with van der Waals surface area (Å²) >= 11 is 0. The molecule has 0 spiro atoms. The maximum atomic E-state index is 13.1.